The predicted molar refractivity (Wildman–Crippen MR) is 109 cm³/mol. The van der Waals surface area contributed by atoms with Crippen LogP contribution in [0.15, 0.2) is 18.2 Å². The summed E-state index contributed by atoms with van der Waals surface area (Å²) in [5, 5.41) is 2.83. The van der Waals surface area contributed by atoms with Crippen LogP contribution in [0.2, 0.25) is 0 Å². The second-order valence-electron chi connectivity index (χ2n) is 8.70. The summed E-state index contributed by atoms with van der Waals surface area (Å²) in [7, 11) is 0. The van der Waals surface area contributed by atoms with Gasteiger partial charge in [0.15, 0.2) is 6.10 Å². The molecular weight excluding hydrogens is 356 g/mol. The summed E-state index contributed by atoms with van der Waals surface area (Å²) in [6, 6.07) is 5.81. The fraction of sp³-hybridized carbons (Fsp3) is 0.591. The number of carbonyl (C=O) groups excluding carboxylic acids is 3. The molecule has 1 aromatic carbocycles. The molecule has 6 heteroatoms. The molecule has 0 aromatic heterocycles. The normalized spacial score (nSPS) is 16.4. The molecule has 2 amide bonds. The molecule has 0 radical (unpaired) electrons. The number of amides is 2. The summed E-state index contributed by atoms with van der Waals surface area (Å²) in [5.74, 6) is -0.894. The summed E-state index contributed by atoms with van der Waals surface area (Å²) in [4.78, 5) is 39.0. The minimum atomic E-state index is -0.873. The molecule has 1 fully saturated rings. The highest BCUT2D eigenvalue weighted by molar-refractivity contribution is 5.95. The Balaban J connectivity index is 1.86. The van der Waals surface area contributed by atoms with E-state index < -0.39 is 11.5 Å². The van der Waals surface area contributed by atoms with E-state index in [2.05, 4.69) is 5.32 Å². The van der Waals surface area contributed by atoms with Crippen molar-refractivity contribution in [3.63, 3.8) is 0 Å². The maximum atomic E-state index is 12.5. The highest BCUT2D eigenvalue weighted by Gasteiger charge is 2.34. The van der Waals surface area contributed by atoms with Gasteiger partial charge in [0.1, 0.15) is 0 Å². The average Bonchev–Trinajstić information content (AvgIpc) is 2.63. The summed E-state index contributed by atoms with van der Waals surface area (Å²) < 4.78 is 5.40. The first-order valence-corrected chi connectivity index (χ1v) is 9.87. The van der Waals surface area contributed by atoms with Crippen molar-refractivity contribution in [1.29, 1.82) is 0 Å². The fourth-order valence-corrected chi connectivity index (χ4v) is 3.22. The molecule has 6 nitrogen and oxygen atoms in total. The van der Waals surface area contributed by atoms with Crippen LogP contribution in [-0.2, 0) is 19.1 Å². The Kier molecular flexibility index (Phi) is 6.86. The smallest absolute Gasteiger partial charge is 0.309 e. The highest BCUT2D eigenvalue weighted by atomic mass is 16.5. The van der Waals surface area contributed by atoms with E-state index in [1.165, 1.54) is 0 Å². The standard InChI is InChI=1S/C22H32N2O4/c1-14-7-8-15(2)18(13-14)23-19(25)16(3)28-20(26)17-9-11-24(12-10-17)21(27)22(4,5)6/h7-8,13,16-17H,9-12H2,1-6H3,(H,23,25). The molecule has 28 heavy (non-hydrogen) atoms. The Hall–Kier alpha value is -2.37. The number of likely N-dealkylation sites (tertiary alicyclic amines) is 1. The van der Waals surface area contributed by atoms with Crippen molar-refractivity contribution in [3.8, 4) is 0 Å². The number of aryl methyl sites for hydroxylation is 2. The number of ether oxygens (including phenoxy) is 1. The van der Waals surface area contributed by atoms with E-state index in [-0.39, 0.29) is 23.7 Å². The number of piperidine rings is 1. The molecule has 1 heterocycles. The average molecular weight is 389 g/mol. The Bertz CT molecular complexity index is 743. The SMILES string of the molecule is Cc1ccc(C)c(NC(=O)C(C)OC(=O)C2CCN(C(=O)C(C)(C)C)CC2)c1. The van der Waals surface area contributed by atoms with Crippen molar-refractivity contribution in [2.24, 2.45) is 11.3 Å². The van der Waals surface area contributed by atoms with E-state index in [0.717, 1.165) is 16.8 Å². The maximum Gasteiger partial charge on any atom is 0.309 e. The van der Waals surface area contributed by atoms with Crippen LogP contribution in [0.1, 0.15) is 51.7 Å². The van der Waals surface area contributed by atoms with Crippen LogP contribution >= 0.6 is 0 Å². The first kappa shape index (κ1) is 21.9. The molecule has 1 aliphatic heterocycles. The van der Waals surface area contributed by atoms with Crippen molar-refractivity contribution >= 4 is 23.5 Å². The van der Waals surface area contributed by atoms with Gasteiger partial charge in [0.2, 0.25) is 5.91 Å². The molecule has 1 aliphatic rings. The second-order valence-corrected chi connectivity index (χ2v) is 8.70. The molecule has 0 aliphatic carbocycles. The molecule has 1 unspecified atom stereocenters. The van der Waals surface area contributed by atoms with Crippen molar-refractivity contribution in [2.45, 2.75) is 60.5 Å². The number of anilines is 1. The number of esters is 1. The lowest BCUT2D eigenvalue weighted by Crippen LogP contribution is -2.45. The lowest BCUT2D eigenvalue weighted by Gasteiger charge is -2.35. The third-order valence-corrected chi connectivity index (χ3v) is 5.07. The summed E-state index contributed by atoms with van der Waals surface area (Å²) >= 11 is 0. The van der Waals surface area contributed by atoms with Gasteiger partial charge in [-0.25, -0.2) is 0 Å². The van der Waals surface area contributed by atoms with Crippen LogP contribution in [0.25, 0.3) is 0 Å². The zero-order chi connectivity index (χ0) is 21.1. The Labute approximate surface area is 167 Å². The van der Waals surface area contributed by atoms with E-state index in [1.807, 2.05) is 52.8 Å². The number of nitrogens with zero attached hydrogens (tertiary/aromatic N) is 1. The van der Waals surface area contributed by atoms with E-state index in [1.54, 1.807) is 11.8 Å². The van der Waals surface area contributed by atoms with Crippen molar-refractivity contribution in [2.75, 3.05) is 18.4 Å². The predicted octanol–water partition coefficient (Wildman–Crippen LogP) is 3.46. The maximum absolute atomic E-state index is 12.5. The van der Waals surface area contributed by atoms with Gasteiger partial charge in [0.25, 0.3) is 5.91 Å². The van der Waals surface area contributed by atoms with Crippen LogP contribution in [0.3, 0.4) is 0 Å². The highest BCUT2D eigenvalue weighted by Crippen LogP contribution is 2.25. The first-order chi connectivity index (χ1) is 13.0. The number of nitrogens with one attached hydrogen (secondary N) is 1. The molecular formula is C22H32N2O4. The van der Waals surface area contributed by atoms with Crippen molar-refractivity contribution < 1.29 is 19.1 Å². The third-order valence-electron chi connectivity index (χ3n) is 5.07. The van der Waals surface area contributed by atoms with Gasteiger partial charge >= 0.3 is 5.97 Å². The van der Waals surface area contributed by atoms with Crippen molar-refractivity contribution in [1.82, 2.24) is 4.90 Å². The molecule has 0 saturated carbocycles. The van der Waals surface area contributed by atoms with E-state index in [9.17, 15) is 14.4 Å². The monoisotopic (exact) mass is 388 g/mol. The molecule has 2 rings (SSSR count). The van der Waals surface area contributed by atoms with Crippen LogP contribution in [0.4, 0.5) is 5.69 Å². The van der Waals surface area contributed by atoms with Gasteiger partial charge in [-0.3, -0.25) is 14.4 Å². The third kappa shape index (κ3) is 5.57. The summed E-state index contributed by atoms with van der Waals surface area (Å²) in [6.45, 7) is 12.2. The Morgan fingerprint density at radius 3 is 2.32 bits per heavy atom. The van der Waals surface area contributed by atoms with Gasteiger partial charge in [-0.05, 0) is 50.8 Å². The molecule has 0 spiro atoms. The van der Waals surface area contributed by atoms with Gasteiger partial charge in [0.05, 0.1) is 5.92 Å². The minimum Gasteiger partial charge on any atom is -0.452 e. The van der Waals surface area contributed by atoms with Crippen LogP contribution in [0.5, 0.6) is 0 Å². The van der Waals surface area contributed by atoms with Gasteiger partial charge in [0, 0.05) is 24.2 Å². The zero-order valence-electron chi connectivity index (χ0n) is 17.8. The quantitative estimate of drug-likeness (QED) is 0.802. The fourth-order valence-electron chi connectivity index (χ4n) is 3.22. The molecule has 1 saturated heterocycles. The molecule has 1 aromatic rings. The van der Waals surface area contributed by atoms with Gasteiger partial charge in [-0.2, -0.15) is 0 Å². The molecule has 154 valence electrons. The number of hydrogen-bond donors (Lipinski definition) is 1. The van der Waals surface area contributed by atoms with Gasteiger partial charge < -0.3 is 15.0 Å². The lowest BCUT2D eigenvalue weighted by molar-refractivity contribution is -0.160. The van der Waals surface area contributed by atoms with Crippen LogP contribution in [0, 0.1) is 25.2 Å². The van der Waals surface area contributed by atoms with Gasteiger partial charge in [-0.15, -0.1) is 0 Å². The van der Waals surface area contributed by atoms with Gasteiger partial charge in [-0.1, -0.05) is 32.9 Å². The minimum absolute atomic E-state index is 0.0978. The topological polar surface area (TPSA) is 75.7 Å². The lowest BCUT2D eigenvalue weighted by atomic mass is 9.91. The van der Waals surface area contributed by atoms with E-state index in [4.69, 9.17) is 4.74 Å². The van der Waals surface area contributed by atoms with E-state index in [0.29, 0.717) is 25.9 Å². The number of rotatable bonds is 4. The van der Waals surface area contributed by atoms with Crippen LogP contribution < -0.4 is 5.32 Å². The Morgan fingerprint density at radius 1 is 1.14 bits per heavy atom. The molecule has 1 atom stereocenters. The number of benzene rings is 1. The summed E-state index contributed by atoms with van der Waals surface area (Å²) in [6.07, 6.45) is 0.250. The molecule has 1 N–H and O–H groups in total. The first-order valence-electron chi connectivity index (χ1n) is 9.87. The second kappa shape index (κ2) is 8.76. The summed E-state index contributed by atoms with van der Waals surface area (Å²) in [5.41, 5.74) is 2.30. The van der Waals surface area contributed by atoms with E-state index >= 15 is 0 Å². The largest absolute Gasteiger partial charge is 0.452 e. The van der Waals surface area contributed by atoms with Crippen molar-refractivity contribution in [3.05, 3.63) is 29.3 Å². The Morgan fingerprint density at radius 2 is 1.75 bits per heavy atom. The molecule has 0 bridgehead atoms. The zero-order valence-corrected chi connectivity index (χ0v) is 17.8. The number of hydrogen-bond acceptors (Lipinski definition) is 4. The van der Waals surface area contributed by atoms with Crippen LogP contribution in [-0.4, -0.2) is 41.9 Å². The number of carbonyl (C=O) groups is 3.